The summed E-state index contributed by atoms with van der Waals surface area (Å²) in [6.07, 6.45) is 0.958. The Morgan fingerprint density at radius 1 is 1.40 bits per heavy atom. The molecule has 1 aromatic carbocycles. The first-order valence-corrected chi connectivity index (χ1v) is 3.73. The summed E-state index contributed by atoms with van der Waals surface area (Å²) in [5.41, 5.74) is 1.20. The molecule has 0 unspecified atom stereocenters. The van der Waals surface area contributed by atoms with Gasteiger partial charge in [-0.25, -0.2) is 0 Å². The molecule has 1 rings (SSSR count). The Morgan fingerprint density at radius 2 is 2.10 bits per heavy atom. The van der Waals surface area contributed by atoms with Crippen LogP contribution in [0.25, 0.3) is 0 Å². The van der Waals surface area contributed by atoms with E-state index in [1.54, 1.807) is 0 Å². The van der Waals surface area contributed by atoms with Crippen molar-refractivity contribution in [3.63, 3.8) is 0 Å². The number of benzene rings is 1. The Kier molecular flexibility index (Phi) is 2.82. The fraction of sp³-hybridized carbons (Fsp3) is 0.250. The van der Waals surface area contributed by atoms with Gasteiger partial charge in [0.15, 0.2) is 0 Å². The molecule has 0 atom stereocenters. The summed E-state index contributed by atoms with van der Waals surface area (Å²) in [5, 5.41) is 0.862. The lowest BCUT2D eigenvalue weighted by Gasteiger charge is -1.98. The normalized spacial score (nSPS) is 9.40. The molecule has 1 aromatic rings. The average Bonchev–Trinajstić information content (AvgIpc) is 1.94. The van der Waals surface area contributed by atoms with Crippen molar-refractivity contribution in [1.82, 2.24) is 0 Å². The Hall–Kier alpha value is -0.425. The van der Waals surface area contributed by atoms with Gasteiger partial charge >= 0.3 is 0 Å². The SMILES string of the molecule is C[B]Cc1ccccc1Cl. The minimum atomic E-state index is 0.862. The van der Waals surface area contributed by atoms with Crippen LogP contribution in [0.2, 0.25) is 11.8 Å². The monoisotopic (exact) mass is 151 g/mol. The zero-order chi connectivity index (χ0) is 7.40. The maximum Gasteiger partial charge on any atom is 0.111 e. The predicted octanol–water partition coefficient (Wildman–Crippen LogP) is 2.59. The smallest absolute Gasteiger partial charge is 0.0917 e. The van der Waals surface area contributed by atoms with Gasteiger partial charge in [-0.3, -0.25) is 0 Å². The van der Waals surface area contributed by atoms with E-state index in [-0.39, 0.29) is 0 Å². The molecule has 10 heavy (non-hydrogen) atoms. The molecule has 51 valence electrons. The lowest BCUT2D eigenvalue weighted by Crippen LogP contribution is -1.90. The molecule has 0 fully saturated rings. The summed E-state index contributed by atoms with van der Waals surface area (Å²) in [7, 11) is 2.10. The molecule has 0 aliphatic carbocycles. The standard InChI is InChI=1S/C8H9BCl/c1-9-6-7-4-2-3-5-8(7)10/h2-5H,6H2,1H3. The van der Waals surface area contributed by atoms with Crippen molar-refractivity contribution in [3.05, 3.63) is 34.9 Å². The molecule has 0 N–H and O–H groups in total. The van der Waals surface area contributed by atoms with Gasteiger partial charge in [0.1, 0.15) is 7.28 Å². The van der Waals surface area contributed by atoms with Crippen LogP contribution < -0.4 is 0 Å². The second-order valence-electron chi connectivity index (χ2n) is 2.20. The molecule has 0 saturated heterocycles. The number of hydrogen-bond donors (Lipinski definition) is 0. The minimum Gasteiger partial charge on any atom is -0.0917 e. The topological polar surface area (TPSA) is 0 Å². The highest BCUT2D eigenvalue weighted by Gasteiger charge is 1.95. The van der Waals surface area contributed by atoms with Crippen molar-refractivity contribution in [2.45, 2.75) is 13.1 Å². The largest absolute Gasteiger partial charge is 0.111 e. The van der Waals surface area contributed by atoms with Crippen LogP contribution in [-0.2, 0) is 6.32 Å². The zero-order valence-electron chi connectivity index (χ0n) is 5.97. The molecular weight excluding hydrogens is 142 g/mol. The maximum atomic E-state index is 5.88. The van der Waals surface area contributed by atoms with E-state index < -0.39 is 0 Å². The van der Waals surface area contributed by atoms with E-state index in [4.69, 9.17) is 11.6 Å². The average molecular weight is 151 g/mol. The van der Waals surface area contributed by atoms with Crippen LogP contribution in [0, 0.1) is 0 Å². The fourth-order valence-electron chi connectivity index (χ4n) is 0.884. The molecule has 0 amide bonds. The summed E-state index contributed by atoms with van der Waals surface area (Å²) in [4.78, 5) is 0. The zero-order valence-corrected chi connectivity index (χ0v) is 6.73. The van der Waals surface area contributed by atoms with E-state index in [1.807, 2.05) is 31.1 Å². The summed E-state index contributed by atoms with van der Waals surface area (Å²) in [6.45, 7) is 2.03. The Bertz CT molecular complexity index is 210. The van der Waals surface area contributed by atoms with E-state index in [0.29, 0.717) is 0 Å². The number of hydrogen-bond acceptors (Lipinski definition) is 0. The van der Waals surface area contributed by atoms with Gasteiger partial charge in [0, 0.05) is 5.02 Å². The summed E-state index contributed by atoms with van der Waals surface area (Å²) >= 11 is 5.88. The highest BCUT2D eigenvalue weighted by molar-refractivity contribution is 6.35. The van der Waals surface area contributed by atoms with Crippen molar-refractivity contribution >= 4 is 18.9 Å². The van der Waals surface area contributed by atoms with Gasteiger partial charge in [0.25, 0.3) is 0 Å². The van der Waals surface area contributed by atoms with Crippen molar-refractivity contribution in [2.24, 2.45) is 0 Å². The molecule has 0 aliphatic rings. The van der Waals surface area contributed by atoms with Crippen LogP contribution in [-0.4, -0.2) is 7.28 Å². The van der Waals surface area contributed by atoms with Gasteiger partial charge in [0.05, 0.1) is 0 Å². The van der Waals surface area contributed by atoms with Crippen molar-refractivity contribution in [3.8, 4) is 0 Å². The van der Waals surface area contributed by atoms with Crippen molar-refractivity contribution in [2.75, 3.05) is 0 Å². The number of halogens is 1. The van der Waals surface area contributed by atoms with Crippen molar-refractivity contribution in [1.29, 1.82) is 0 Å². The summed E-state index contributed by atoms with van der Waals surface area (Å²) in [5.74, 6) is 0. The first-order valence-electron chi connectivity index (χ1n) is 3.36. The van der Waals surface area contributed by atoms with Gasteiger partial charge in [-0.05, 0) is 11.6 Å². The Balaban J connectivity index is 2.81. The molecule has 0 spiro atoms. The summed E-state index contributed by atoms with van der Waals surface area (Å²) in [6, 6.07) is 7.91. The first kappa shape index (κ1) is 7.68. The van der Waals surface area contributed by atoms with Crippen LogP contribution in [0.4, 0.5) is 0 Å². The first-order chi connectivity index (χ1) is 4.84. The molecule has 0 nitrogen and oxygen atoms in total. The second kappa shape index (κ2) is 3.67. The van der Waals surface area contributed by atoms with Crippen LogP contribution in [0.5, 0.6) is 0 Å². The van der Waals surface area contributed by atoms with E-state index >= 15 is 0 Å². The van der Waals surface area contributed by atoms with Gasteiger partial charge in [0.2, 0.25) is 0 Å². The van der Waals surface area contributed by atoms with E-state index in [1.165, 1.54) is 5.56 Å². The number of rotatable bonds is 2. The quantitative estimate of drug-likeness (QED) is 0.570. The van der Waals surface area contributed by atoms with E-state index in [2.05, 4.69) is 7.28 Å². The highest BCUT2D eigenvalue weighted by Crippen LogP contribution is 2.14. The van der Waals surface area contributed by atoms with Gasteiger partial charge in [-0.15, -0.1) is 0 Å². The molecule has 0 saturated carbocycles. The second-order valence-corrected chi connectivity index (χ2v) is 2.61. The highest BCUT2D eigenvalue weighted by atomic mass is 35.5. The van der Waals surface area contributed by atoms with Crippen molar-refractivity contribution < 1.29 is 0 Å². The van der Waals surface area contributed by atoms with Crippen LogP contribution in [0.1, 0.15) is 5.56 Å². The third-order valence-corrected chi connectivity index (χ3v) is 1.75. The molecular formula is C8H9BCl. The molecule has 0 bridgehead atoms. The molecule has 2 heteroatoms. The molecule has 0 aliphatic heterocycles. The minimum absolute atomic E-state index is 0.862. The Morgan fingerprint density at radius 3 is 2.70 bits per heavy atom. The predicted molar refractivity (Wildman–Crippen MR) is 46.8 cm³/mol. The van der Waals surface area contributed by atoms with Crippen LogP contribution in [0.15, 0.2) is 24.3 Å². The lowest BCUT2D eigenvalue weighted by atomic mass is 9.75. The van der Waals surface area contributed by atoms with E-state index in [0.717, 1.165) is 11.3 Å². The maximum absolute atomic E-state index is 5.88. The molecule has 0 aromatic heterocycles. The van der Waals surface area contributed by atoms with Crippen LogP contribution >= 0.6 is 11.6 Å². The Labute approximate surface area is 67.5 Å². The molecule has 0 heterocycles. The van der Waals surface area contributed by atoms with E-state index in [9.17, 15) is 0 Å². The third kappa shape index (κ3) is 1.78. The molecule has 1 radical (unpaired) electrons. The van der Waals surface area contributed by atoms with Gasteiger partial charge < -0.3 is 0 Å². The summed E-state index contributed by atoms with van der Waals surface area (Å²) < 4.78 is 0. The fourth-order valence-corrected chi connectivity index (χ4v) is 1.10. The van der Waals surface area contributed by atoms with Gasteiger partial charge in [-0.2, -0.15) is 0 Å². The lowest BCUT2D eigenvalue weighted by molar-refractivity contribution is 1.38. The van der Waals surface area contributed by atoms with Gasteiger partial charge in [-0.1, -0.05) is 42.9 Å². The van der Waals surface area contributed by atoms with Crippen LogP contribution in [0.3, 0.4) is 0 Å². The third-order valence-electron chi connectivity index (χ3n) is 1.38.